The highest BCUT2D eigenvalue weighted by molar-refractivity contribution is 5.85. The van der Waals surface area contributed by atoms with E-state index in [0.717, 1.165) is 43.8 Å². The number of benzene rings is 2. The third-order valence-corrected chi connectivity index (χ3v) is 7.41. The molecule has 0 aliphatic carbocycles. The van der Waals surface area contributed by atoms with Crippen molar-refractivity contribution in [1.29, 1.82) is 5.26 Å². The Morgan fingerprint density at radius 2 is 1.81 bits per heavy atom. The van der Waals surface area contributed by atoms with Crippen LogP contribution in [-0.2, 0) is 16.1 Å². The summed E-state index contributed by atoms with van der Waals surface area (Å²) >= 11 is 0. The summed E-state index contributed by atoms with van der Waals surface area (Å²) in [6, 6.07) is 17.3. The second-order valence-electron chi connectivity index (χ2n) is 9.68. The maximum atomic E-state index is 13.9. The van der Waals surface area contributed by atoms with Gasteiger partial charge in [0.05, 0.1) is 30.7 Å². The standard InChI is InChI=1S/C29H36N4O3/c1-3-4-15-33-27(34)14-13-25(28(33)24-7-5-6-8-26(24)36-2)29(35)32-18-16-31(17-19-32)21-23-11-9-22(20-30)10-12-23/h5-12,25,28H,3-4,13-19,21H2,1-2H3. The van der Waals surface area contributed by atoms with E-state index in [4.69, 9.17) is 10.00 Å². The third-order valence-electron chi connectivity index (χ3n) is 7.41. The zero-order chi connectivity index (χ0) is 25.5. The van der Waals surface area contributed by atoms with E-state index in [9.17, 15) is 9.59 Å². The number of nitriles is 1. The average molecular weight is 489 g/mol. The highest BCUT2D eigenvalue weighted by Gasteiger charge is 2.43. The first-order valence-electron chi connectivity index (χ1n) is 13.0. The van der Waals surface area contributed by atoms with E-state index in [1.165, 1.54) is 5.56 Å². The number of amides is 2. The number of likely N-dealkylation sites (tertiary alicyclic amines) is 1. The number of carbonyl (C=O) groups is 2. The number of rotatable bonds is 8. The van der Waals surface area contributed by atoms with Gasteiger partial charge in [-0.3, -0.25) is 14.5 Å². The lowest BCUT2D eigenvalue weighted by atomic mass is 9.82. The summed E-state index contributed by atoms with van der Waals surface area (Å²) < 4.78 is 5.66. The predicted octanol–water partition coefficient (Wildman–Crippen LogP) is 3.99. The molecule has 2 aromatic rings. The minimum Gasteiger partial charge on any atom is -0.496 e. The molecule has 0 radical (unpaired) electrons. The molecule has 0 spiro atoms. The van der Waals surface area contributed by atoms with Gasteiger partial charge in [0.25, 0.3) is 0 Å². The van der Waals surface area contributed by atoms with Gasteiger partial charge in [-0.1, -0.05) is 43.7 Å². The van der Waals surface area contributed by atoms with Crippen LogP contribution in [0.2, 0.25) is 0 Å². The Balaban J connectivity index is 1.48. The summed E-state index contributed by atoms with van der Waals surface area (Å²) in [4.78, 5) is 33.2. The molecule has 2 aliphatic heterocycles. The van der Waals surface area contributed by atoms with Crippen molar-refractivity contribution >= 4 is 11.8 Å². The molecule has 2 atom stereocenters. The van der Waals surface area contributed by atoms with Crippen LogP contribution in [0.4, 0.5) is 0 Å². The van der Waals surface area contributed by atoms with Crippen molar-refractivity contribution in [2.45, 2.75) is 45.2 Å². The first-order valence-corrected chi connectivity index (χ1v) is 13.0. The van der Waals surface area contributed by atoms with E-state index in [0.29, 0.717) is 38.0 Å². The fourth-order valence-electron chi connectivity index (χ4n) is 5.40. The molecular weight excluding hydrogens is 452 g/mol. The first-order chi connectivity index (χ1) is 17.5. The molecule has 4 rings (SSSR count). The van der Waals surface area contributed by atoms with Crippen molar-refractivity contribution in [2.75, 3.05) is 39.8 Å². The SMILES string of the molecule is CCCCN1C(=O)CCC(C(=O)N2CCN(Cc3ccc(C#N)cc3)CC2)C1c1ccccc1OC. The molecule has 2 amide bonds. The Labute approximate surface area is 214 Å². The summed E-state index contributed by atoms with van der Waals surface area (Å²) in [5.41, 5.74) is 2.75. The number of ether oxygens (including phenoxy) is 1. The highest BCUT2D eigenvalue weighted by Crippen LogP contribution is 2.41. The van der Waals surface area contributed by atoms with Crippen molar-refractivity contribution in [3.63, 3.8) is 0 Å². The number of hydrogen-bond donors (Lipinski definition) is 0. The number of carbonyl (C=O) groups excluding carboxylic acids is 2. The van der Waals surface area contributed by atoms with Crippen LogP contribution in [-0.4, -0.2) is 66.3 Å². The number of methoxy groups -OCH3 is 1. The lowest BCUT2D eigenvalue weighted by Gasteiger charge is -2.44. The normalized spacial score (nSPS) is 20.8. The van der Waals surface area contributed by atoms with Gasteiger partial charge in [0, 0.05) is 51.3 Å². The van der Waals surface area contributed by atoms with Crippen LogP contribution >= 0.6 is 0 Å². The maximum Gasteiger partial charge on any atom is 0.228 e. The number of unbranched alkanes of at least 4 members (excludes halogenated alkanes) is 1. The van der Waals surface area contributed by atoms with E-state index >= 15 is 0 Å². The minimum absolute atomic E-state index is 0.121. The van der Waals surface area contributed by atoms with E-state index in [1.807, 2.05) is 58.3 Å². The quantitative estimate of drug-likeness (QED) is 0.562. The molecule has 7 heteroatoms. The highest BCUT2D eigenvalue weighted by atomic mass is 16.5. The average Bonchev–Trinajstić information content (AvgIpc) is 2.92. The Hall–Kier alpha value is -3.37. The van der Waals surface area contributed by atoms with Gasteiger partial charge in [-0.25, -0.2) is 0 Å². The largest absolute Gasteiger partial charge is 0.496 e. The zero-order valence-corrected chi connectivity index (χ0v) is 21.4. The predicted molar refractivity (Wildman–Crippen MR) is 138 cm³/mol. The lowest BCUT2D eigenvalue weighted by Crippen LogP contribution is -2.54. The number of piperidine rings is 1. The molecule has 2 saturated heterocycles. The van der Waals surface area contributed by atoms with Crippen molar-refractivity contribution in [1.82, 2.24) is 14.7 Å². The van der Waals surface area contributed by atoms with Gasteiger partial charge in [-0.15, -0.1) is 0 Å². The number of piperazine rings is 1. The molecule has 190 valence electrons. The fraction of sp³-hybridized carbons (Fsp3) is 0.483. The van der Waals surface area contributed by atoms with Gasteiger partial charge in [0.15, 0.2) is 0 Å². The summed E-state index contributed by atoms with van der Waals surface area (Å²) in [5.74, 6) is 0.707. The van der Waals surface area contributed by atoms with Crippen LogP contribution in [0.25, 0.3) is 0 Å². The Morgan fingerprint density at radius 3 is 2.47 bits per heavy atom. The molecule has 0 aromatic heterocycles. The molecule has 36 heavy (non-hydrogen) atoms. The topological polar surface area (TPSA) is 76.9 Å². The van der Waals surface area contributed by atoms with Crippen LogP contribution in [0, 0.1) is 17.2 Å². The van der Waals surface area contributed by atoms with Gasteiger partial charge >= 0.3 is 0 Å². The maximum absolute atomic E-state index is 13.9. The third kappa shape index (κ3) is 5.71. The van der Waals surface area contributed by atoms with Crippen molar-refractivity contribution in [2.24, 2.45) is 5.92 Å². The van der Waals surface area contributed by atoms with Gasteiger partial charge in [-0.2, -0.15) is 5.26 Å². The van der Waals surface area contributed by atoms with E-state index < -0.39 is 0 Å². The van der Waals surface area contributed by atoms with E-state index in [2.05, 4.69) is 17.9 Å². The van der Waals surface area contributed by atoms with Gasteiger partial charge in [0.2, 0.25) is 11.8 Å². The second kappa shape index (κ2) is 12.0. The van der Waals surface area contributed by atoms with Gasteiger partial charge < -0.3 is 14.5 Å². The lowest BCUT2D eigenvalue weighted by molar-refractivity contribution is -0.149. The Kier molecular flexibility index (Phi) is 8.61. The summed E-state index contributed by atoms with van der Waals surface area (Å²) in [5, 5.41) is 9.01. The Bertz CT molecular complexity index is 1090. The smallest absolute Gasteiger partial charge is 0.228 e. The number of hydrogen-bond acceptors (Lipinski definition) is 5. The zero-order valence-electron chi connectivity index (χ0n) is 21.4. The van der Waals surface area contributed by atoms with Gasteiger partial charge in [-0.05, 0) is 36.6 Å². The number of nitrogens with zero attached hydrogens (tertiary/aromatic N) is 4. The molecule has 0 bridgehead atoms. The minimum atomic E-state index is -0.307. The van der Waals surface area contributed by atoms with Crippen LogP contribution in [0.1, 0.15) is 55.3 Å². The van der Waals surface area contributed by atoms with Crippen LogP contribution in [0.3, 0.4) is 0 Å². The summed E-state index contributed by atoms with van der Waals surface area (Å²) in [7, 11) is 1.64. The molecular formula is C29H36N4O3. The molecule has 2 aromatic carbocycles. The van der Waals surface area contributed by atoms with Crippen molar-refractivity contribution in [3.8, 4) is 11.8 Å². The second-order valence-corrected chi connectivity index (χ2v) is 9.68. The van der Waals surface area contributed by atoms with Crippen LogP contribution < -0.4 is 4.74 Å². The van der Waals surface area contributed by atoms with Crippen LogP contribution in [0.15, 0.2) is 48.5 Å². The Morgan fingerprint density at radius 1 is 1.08 bits per heavy atom. The van der Waals surface area contributed by atoms with Crippen LogP contribution in [0.5, 0.6) is 5.75 Å². The number of para-hydroxylation sites is 1. The van der Waals surface area contributed by atoms with Gasteiger partial charge in [0.1, 0.15) is 5.75 Å². The molecule has 2 aliphatic rings. The fourth-order valence-corrected chi connectivity index (χ4v) is 5.40. The molecule has 2 heterocycles. The summed E-state index contributed by atoms with van der Waals surface area (Å²) in [6.45, 7) is 6.53. The molecule has 7 nitrogen and oxygen atoms in total. The first kappa shape index (κ1) is 25.7. The molecule has 2 unspecified atom stereocenters. The molecule has 0 saturated carbocycles. The molecule has 2 fully saturated rings. The van der Waals surface area contributed by atoms with Crippen molar-refractivity contribution in [3.05, 3.63) is 65.2 Å². The van der Waals surface area contributed by atoms with E-state index in [-0.39, 0.29) is 23.8 Å². The van der Waals surface area contributed by atoms with E-state index in [1.54, 1.807) is 7.11 Å². The summed E-state index contributed by atoms with van der Waals surface area (Å²) in [6.07, 6.45) is 2.87. The monoisotopic (exact) mass is 488 g/mol. The van der Waals surface area contributed by atoms with Crippen molar-refractivity contribution < 1.29 is 14.3 Å². The molecule has 0 N–H and O–H groups in total.